The minimum absolute atomic E-state index is 0.0186. The third-order valence-corrected chi connectivity index (χ3v) is 5.00. The van der Waals surface area contributed by atoms with Crippen molar-refractivity contribution in [2.24, 2.45) is 0 Å². The minimum atomic E-state index is -3.82. The summed E-state index contributed by atoms with van der Waals surface area (Å²) in [7, 11) is -2.20. The molecule has 8 heteroatoms. The summed E-state index contributed by atoms with van der Waals surface area (Å²) in [4.78, 5) is 24.6. The first-order valence-corrected chi connectivity index (χ1v) is 9.41. The van der Waals surface area contributed by atoms with E-state index in [4.69, 9.17) is 0 Å². The number of rotatable bonds is 7. The number of likely N-dealkylation sites (N-methyl/N-ethyl adjacent to an activating group) is 1. The van der Waals surface area contributed by atoms with Crippen LogP contribution in [0.5, 0.6) is 0 Å². The van der Waals surface area contributed by atoms with Crippen molar-refractivity contribution in [3.8, 4) is 0 Å². The van der Waals surface area contributed by atoms with Gasteiger partial charge in [-0.05, 0) is 29.8 Å². The molecule has 0 radical (unpaired) electrons. The van der Waals surface area contributed by atoms with Crippen molar-refractivity contribution in [3.63, 3.8) is 0 Å². The van der Waals surface area contributed by atoms with Crippen LogP contribution in [0.25, 0.3) is 0 Å². The zero-order chi connectivity index (χ0) is 19.2. The molecule has 0 atom stereocenters. The second kappa shape index (κ2) is 8.59. The molecule has 2 N–H and O–H groups in total. The van der Waals surface area contributed by atoms with Gasteiger partial charge in [-0.1, -0.05) is 30.3 Å². The van der Waals surface area contributed by atoms with Crippen LogP contribution in [-0.4, -0.2) is 38.7 Å². The molecule has 138 valence electrons. The van der Waals surface area contributed by atoms with E-state index in [1.165, 1.54) is 36.1 Å². The number of hydrogen-bond donors (Lipinski definition) is 2. The summed E-state index contributed by atoms with van der Waals surface area (Å²) in [6.45, 7) is 1.43. The zero-order valence-electron chi connectivity index (χ0n) is 14.6. The molecule has 2 rings (SSSR count). The maximum absolute atomic E-state index is 12.3. The van der Waals surface area contributed by atoms with Gasteiger partial charge in [-0.25, -0.2) is 13.1 Å². The maximum atomic E-state index is 12.3. The van der Waals surface area contributed by atoms with E-state index in [-0.39, 0.29) is 23.3 Å². The lowest BCUT2D eigenvalue weighted by molar-refractivity contribution is -0.129. The molecule has 0 heterocycles. The lowest BCUT2D eigenvalue weighted by Gasteiger charge is -2.17. The summed E-state index contributed by atoms with van der Waals surface area (Å²) in [5.41, 5.74) is 1.45. The Hall–Kier alpha value is -2.71. The number of nitrogens with zero attached hydrogens (tertiary/aromatic N) is 1. The highest BCUT2D eigenvalue weighted by molar-refractivity contribution is 7.89. The van der Waals surface area contributed by atoms with E-state index < -0.39 is 10.0 Å². The third-order valence-electron chi connectivity index (χ3n) is 3.59. The molecule has 26 heavy (non-hydrogen) atoms. The van der Waals surface area contributed by atoms with Gasteiger partial charge < -0.3 is 10.2 Å². The predicted octanol–water partition coefficient (Wildman–Crippen LogP) is 1.58. The van der Waals surface area contributed by atoms with Crippen LogP contribution in [0.2, 0.25) is 0 Å². The molecule has 0 unspecified atom stereocenters. The molecule has 0 aromatic heterocycles. The van der Waals surface area contributed by atoms with Crippen LogP contribution in [0.3, 0.4) is 0 Å². The number of hydrogen-bond acceptors (Lipinski definition) is 4. The Morgan fingerprint density at radius 1 is 1.00 bits per heavy atom. The molecule has 0 aliphatic rings. The van der Waals surface area contributed by atoms with E-state index in [1.54, 1.807) is 7.05 Å². The van der Waals surface area contributed by atoms with Gasteiger partial charge in [0.15, 0.2) is 0 Å². The summed E-state index contributed by atoms with van der Waals surface area (Å²) in [6.07, 6.45) is 0. The van der Waals surface area contributed by atoms with E-state index in [0.717, 1.165) is 5.56 Å². The average Bonchev–Trinajstić information content (AvgIpc) is 2.60. The van der Waals surface area contributed by atoms with Crippen LogP contribution in [0.15, 0.2) is 59.5 Å². The van der Waals surface area contributed by atoms with Crippen molar-refractivity contribution < 1.29 is 18.0 Å². The molecular formula is C18H21N3O4S. The number of nitrogens with one attached hydrogen (secondary N) is 2. The van der Waals surface area contributed by atoms with Crippen LogP contribution in [0.1, 0.15) is 12.5 Å². The molecule has 7 nitrogen and oxygen atoms in total. The van der Waals surface area contributed by atoms with E-state index in [1.807, 2.05) is 30.3 Å². The highest BCUT2D eigenvalue weighted by Crippen LogP contribution is 2.14. The lowest BCUT2D eigenvalue weighted by atomic mass is 10.2. The molecule has 0 fully saturated rings. The zero-order valence-corrected chi connectivity index (χ0v) is 15.4. The van der Waals surface area contributed by atoms with Crippen molar-refractivity contribution in [3.05, 3.63) is 60.2 Å². The number of sulfonamides is 1. The number of amides is 2. The van der Waals surface area contributed by atoms with Gasteiger partial charge >= 0.3 is 0 Å². The Morgan fingerprint density at radius 3 is 2.19 bits per heavy atom. The summed E-state index contributed by atoms with van der Waals surface area (Å²) in [6, 6.07) is 15.1. The minimum Gasteiger partial charge on any atom is -0.340 e. The van der Waals surface area contributed by atoms with Crippen molar-refractivity contribution in [1.29, 1.82) is 0 Å². The van der Waals surface area contributed by atoms with Gasteiger partial charge in [-0.15, -0.1) is 0 Å². The van der Waals surface area contributed by atoms with E-state index in [2.05, 4.69) is 10.0 Å². The first kappa shape index (κ1) is 19.6. The van der Waals surface area contributed by atoms with E-state index >= 15 is 0 Å². The van der Waals surface area contributed by atoms with Crippen LogP contribution < -0.4 is 10.0 Å². The fraction of sp³-hybridized carbons (Fsp3) is 0.222. The van der Waals surface area contributed by atoms with Crippen LogP contribution in [-0.2, 0) is 26.2 Å². The molecule has 2 aromatic rings. The molecule has 0 bridgehead atoms. The Labute approximate surface area is 153 Å². The first-order valence-electron chi connectivity index (χ1n) is 7.93. The molecule has 0 aliphatic carbocycles. The molecule has 2 aromatic carbocycles. The fourth-order valence-electron chi connectivity index (χ4n) is 2.24. The molecular weight excluding hydrogens is 354 g/mol. The van der Waals surface area contributed by atoms with Gasteiger partial charge in [0.2, 0.25) is 21.8 Å². The predicted molar refractivity (Wildman–Crippen MR) is 98.9 cm³/mol. The highest BCUT2D eigenvalue weighted by atomic mass is 32.2. The van der Waals surface area contributed by atoms with Crippen LogP contribution in [0, 0.1) is 0 Å². The Balaban J connectivity index is 1.94. The molecule has 0 spiro atoms. The topological polar surface area (TPSA) is 95.6 Å². The summed E-state index contributed by atoms with van der Waals surface area (Å²) in [5, 5.41) is 2.56. The van der Waals surface area contributed by atoms with Gasteiger partial charge in [0.05, 0.1) is 11.4 Å². The van der Waals surface area contributed by atoms with Gasteiger partial charge in [-0.3, -0.25) is 9.59 Å². The van der Waals surface area contributed by atoms with Gasteiger partial charge in [0, 0.05) is 26.2 Å². The van der Waals surface area contributed by atoms with E-state index in [0.29, 0.717) is 12.2 Å². The quantitative estimate of drug-likeness (QED) is 0.768. The Morgan fingerprint density at radius 2 is 1.62 bits per heavy atom. The van der Waals surface area contributed by atoms with Crippen LogP contribution >= 0.6 is 0 Å². The Bertz CT molecular complexity index is 865. The average molecular weight is 375 g/mol. The van der Waals surface area contributed by atoms with Crippen molar-refractivity contribution >= 4 is 27.5 Å². The largest absolute Gasteiger partial charge is 0.340 e. The maximum Gasteiger partial charge on any atom is 0.241 e. The summed E-state index contributed by atoms with van der Waals surface area (Å²) in [5.74, 6) is -0.585. The summed E-state index contributed by atoms with van der Waals surface area (Å²) < 4.78 is 26.9. The van der Waals surface area contributed by atoms with Crippen LogP contribution in [0.4, 0.5) is 5.69 Å². The first-order chi connectivity index (χ1) is 12.3. The number of carbonyl (C=O) groups is 2. The number of benzene rings is 2. The SMILES string of the molecule is CC(=O)Nc1ccc(S(=O)(=O)NCC(=O)N(C)Cc2ccccc2)cc1. The van der Waals surface area contributed by atoms with Gasteiger partial charge in [0.25, 0.3) is 0 Å². The highest BCUT2D eigenvalue weighted by Gasteiger charge is 2.17. The van der Waals surface area contributed by atoms with Gasteiger partial charge in [-0.2, -0.15) is 0 Å². The second-order valence-electron chi connectivity index (χ2n) is 5.77. The second-order valence-corrected chi connectivity index (χ2v) is 7.53. The lowest BCUT2D eigenvalue weighted by Crippen LogP contribution is -2.37. The number of carbonyl (C=O) groups excluding carboxylic acids is 2. The molecule has 0 saturated carbocycles. The normalized spacial score (nSPS) is 11.0. The Kier molecular flexibility index (Phi) is 6.48. The monoisotopic (exact) mass is 375 g/mol. The molecule has 0 aliphatic heterocycles. The van der Waals surface area contributed by atoms with Crippen molar-refractivity contribution in [1.82, 2.24) is 9.62 Å². The summed E-state index contributed by atoms with van der Waals surface area (Å²) >= 11 is 0. The molecule has 0 saturated heterocycles. The standard InChI is InChI=1S/C18H21N3O4S/c1-14(22)20-16-8-10-17(11-9-16)26(24,25)19-12-18(23)21(2)13-15-6-4-3-5-7-15/h3-11,19H,12-13H2,1-2H3,(H,20,22). The van der Waals surface area contributed by atoms with E-state index in [9.17, 15) is 18.0 Å². The molecule has 2 amide bonds. The fourth-order valence-corrected chi connectivity index (χ4v) is 3.22. The third kappa shape index (κ3) is 5.68. The smallest absolute Gasteiger partial charge is 0.241 e. The van der Waals surface area contributed by atoms with Crippen molar-refractivity contribution in [2.75, 3.05) is 18.9 Å². The number of anilines is 1. The van der Waals surface area contributed by atoms with Gasteiger partial charge in [0.1, 0.15) is 0 Å². The van der Waals surface area contributed by atoms with Crippen molar-refractivity contribution in [2.45, 2.75) is 18.4 Å².